The van der Waals surface area contributed by atoms with Crippen LogP contribution in [0.3, 0.4) is 0 Å². The van der Waals surface area contributed by atoms with Crippen LogP contribution in [0.25, 0.3) is 0 Å². The Morgan fingerprint density at radius 1 is 1.27 bits per heavy atom. The van der Waals surface area contributed by atoms with Crippen molar-refractivity contribution in [2.75, 3.05) is 19.6 Å². The molecule has 0 saturated carbocycles. The number of aromatic nitrogens is 2. The van der Waals surface area contributed by atoms with Gasteiger partial charge in [0.2, 0.25) is 5.91 Å². The van der Waals surface area contributed by atoms with Gasteiger partial charge in [-0.15, -0.1) is 0 Å². The predicted molar refractivity (Wildman–Crippen MR) is 124 cm³/mol. The third-order valence-electron chi connectivity index (χ3n) is 6.68. The molecule has 1 saturated heterocycles. The van der Waals surface area contributed by atoms with Gasteiger partial charge in [-0.3, -0.25) is 14.3 Å². The van der Waals surface area contributed by atoms with Crippen molar-refractivity contribution in [2.45, 2.75) is 65.6 Å². The van der Waals surface area contributed by atoms with Gasteiger partial charge >= 0.3 is 0 Å². The first-order valence-electron chi connectivity index (χ1n) is 11.7. The van der Waals surface area contributed by atoms with Gasteiger partial charge in [0.05, 0.1) is 24.5 Å². The van der Waals surface area contributed by atoms with E-state index >= 15 is 0 Å². The molecule has 0 radical (unpaired) electrons. The lowest BCUT2D eigenvalue weighted by molar-refractivity contribution is -0.133. The van der Waals surface area contributed by atoms with Gasteiger partial charge in [0.25, 0.3) is 6.47 Å². The highest BCUT2D eigenvalue weighted by atomic mass is 19.1. The lowest BCUT2D eigenvalue weighted by atomic mass is 9.93. The van der Waals surface area contributed by atoms with Crippen LogP contribution in [0.2, 0.25) is 0 Å². The van der Waals surface area contributed by atoms with Crippen LogP contribution in [0, 0.1) is 18.7 Å². The summed E-state index contributed by atoms with van der Waals surface area (Å²) in [6.45, 7) is 10.4. The van der Waals surface area contributed by atoms with Crippen LogP contribution >= 0.6 is 0 Å². The fourth-order valence-corrected chi connectivity index (χ4v) is 4.89. The zero-order chi connectivity index (χ0) is 24.0. The summed E-state index contributed by atoms with van der Waals surface area (Å²) in [5, 5.41) is 11.6. The molecule has 180 valence electrons. The topological polar surface area (TPSA) is 78.7 Å². The van der Waals surface area contributed by atoms with E-state index in [-0.39, 0.29) is 18.2 Å². The summed E-state index contributed by atoms with van der Waals surface area (Å²) >= 11 is 0. The van der Waals surface area contributed by atoms with E-state index in [0.717, 1.165) is 49.4 Å². The third-order valence-corrected chi connectivity index (χ3v) is 6.68. The molecule has 0 spiro atoms. The molecule has 0 bridgehead atoms. The minimum Gasteiger partial charge on any atom is -0.483 e. The van der Waals surface area contributed by atoms with Crippen LogP contribution in [0.15, 0.2) is 24.3 Å². The van der Waals surface area contributed by atoms with Crippen molar-refractivity contribution in [1.82, 2.24) is 19.6 Å². The number of benzene rings is 1. The average molecular weight is 459 g/mol. The molecule has 1 amide bonds. The first-order chi connectivity index (χ1) is 15.8. The van der Waals surface area contributed by atoms with Gasteiger partial charge in [0.15, 0.2) is 0 Å². The van der Waals surface area contributed by atoms with Crippen molar-refractivity contribution in [3.63, 3.8) is 0 Å². The number of halogens is 1. The molecule has 1 fully saturated rings. The van der Waals surface area contributed by atoms with Crippen LogP contribution in [-0.2, 0) is 29.1 Å². The first-order valence-corrected chi connectivity index (χ1v) is 11.7. The van der Waals surface area contributed by atoms with Gasteiger partial charge in [-0.25, -0.2) is 4.39 Å². The Morgan fingerprint density at radius 2 is 1.97 bits per heavy atom. The van der Waals surface area contributed by atoms with Crippen LogP contribution in [-0.4, -0.2) is 62.7 Å². The lowest BCUT2D eigenvalue weighted by Crippen LogP contribution is -2.43. The minimum atomic E-state index is -0.250. The van der Waals surface area contributed by atoms with E-state index in [0.29, 0.717) is 31.5 Å². The van der Waals surface area contributed by atoms with E-state index in [1.54, 1.807) is 12.1 Å². The first kappa shape index (κ1) is 24.9. The third kappa shape index (κ3) is 6.41. The normalized spacial score (nSPS) is 18.5. The maximum atomic E-state index is 13.2. The highest BCUT2D eigenvalue weighted by Gasteiger charge is 2.29. The summed E-state index contributed by atoms with van der Waals surface area (Å²) in [6.07, 6.45) is 3.84. The fraction of sp³-hybridized carbons (Fsp3) is 0.560. The predicted octanol–water partition coefficient (Wildman–Crippen LogP) is 3.47. The van der Waals surface area contributed by atoms with Gasteiger partial charge in [0.1, 0.15) is 5.82 Å². The van der Waals surface area contributed by atoms with Crippen molar-refractivity contribution >= 4 is 12.4 Å². The molecule has 2 aliphatic heterocycles. The van der Waals surface area contributed by atoms with Crippen LogP contribution in [0.5, 0.6) is 0 Å². The minimum absolute atomic E-state index is 0.229. The van der Waals surface area contributed by atoms with E-state index in [1.165, 1.54) is 24.1 Å². The summed E-state index contributed by atoms with van der Waals surface area (Å²) in [7, 11) is 0. The molecule has 2 aliphatic rings. The molecule has 1 aromatic heterocycles. The Labute approximate surface area is 195 Å². The van der Waals surface area contributed by atoms with Crippen LogP contribution in [0.1, 0.15) is 55.6 Å². The number of piperidine rings is 1. The zero-order valence-electron chi connectivity index (χ0n) is 19.8. The van der Waals surface area contributed by atoms with Crippen molar-refractivity contribution < 1.29 is 19.1 Å². The number of carbonyl (C=O) groups excluding carboxylic acids is 1. The molecule has 1 unspecified atom stereocenters. The number of rotatable bonds is 5. The highest BCUT2D eigenvalue weighted by Crippen LogP contribution is 2.26. The van der Waals surface area contributed by atoms with Crippen molar-refractivity contribution in [1.29, 1.82) is 0 Å². The monoisotopic (exact) mass is 458 g/mol. The lowest BCUT2D eigenvalue weighted by Gasteiger charge is -2.36. The van der Waals surface area contributed by atoms with Crippen molar-refractivity contribution in [3.8, 4) is 0 Å². The summed E-state index contributed by atoms with van der Waals surface area (Å²) in [5.74, 6) is 0.497. The van der Waals surface area contributed by atoms with E-state index in [4.69, 9.17) is 15.0 Å². The number of aryl methyl sites for hydroxylation is 1. The second kappa shape index (κ2) is 11.4. The Kier molecular flexibility index (Phi) is 8.61. The van der Waals surface area contributed by atoms with Crippen molar-refractivity contribution in [2.24, 2.45) is 5.92 Å². The van der Waals surface area contributed by atoms with E-state index in [9.17, 15) is 9.18 Å². The van der Waals surface area contributed by atoms with Gasteiger partial charge in [-0.05, 0) is 75.8 Å². The Balaban J connectivity index is 0.000000968. The van der Waals surface area contributed by atoms with E-state index < -0.39 is 0 Å². The van der Waals surface area contributed by atoms with Gasteiger partial charge in [0, 0.05) is 25.6 Å². The van der Waals surface area contributed by atoms with E-state index in [2.05, 4.69) is 18.7 Å². The summed E-state index contributed by atoms with van der Waals surface area (Å²) in [4.78, 5) is 26.0. The second-order valence-corrected chi connectivity index (χ2v) is 9.27. The molecule has 8 heteroatoms. The standard InChI is InChI=1S/C24H33FN4O.CH2O2/c1-17(2)27-11-4-5-20(14-27)13-24(30)28-12-10-22-18(3)26-29(23(22)16-28)15-19-6-8-21(25)9-7-19;2-1-3/h6-9,17,20H,4-5,10-16H2,1-3H3;1H,(H,2,3). The SMILES string of the molecule is Cc1nn(Cc2ccc(F)cc2)c2c1CCN(C(=O)CC1CCCN(C(C)C)C1)C2.O=CO. The number of hydrogen-bond donors (Lipinski definition) is 1. The molecule has 2 aromatic rings. The molecule has 1 atom stereocenters. The number of fused-ring (bicyclic) bond motifs is 1. The van der Waals surface area contributed by atoms with Crippen molar-refractivity contribution in [3.05, 3.63) is 52.6 Å². The summed E-state index contributed by atoms with van der Waals surface area (Å²) < 4.78 is 15.2. The number of nitrogens with zero attached hydrogens (tertiary/aromatic N) is 4. The zero-order valence-corrected chi connectivity index (χ0v) is 19.8. The number of amides is 1. The van der Waals surface area contributed by atoms with Gasteiger partial charge in [-0.2, -0.15) is 5.10 Å². The number of carboxylic acid groups (broad SMARTS) is 1. The number of likely N-dealkylation sites (tertiary alicyclic amines) is 1. The Bertz CT molecular complexity index is 942. The molecule has 33 heavy (non-hydrogen) atoms. The van der Waals surface area contributed by atoms with E-state index in [1.807, 2.05) is 16.5 Å². The maximum absolute atomic E-state index is 13.2. The average Bonchev–Trinajstić information content (AvgIpc) is 3.10. The van der Waals surface area contributed by atoms with Crippen LogP contribution < -0.4 is 0 Å². The molecular formula is C25H35FN4O3. The maximum Gasteiger partial charge on any atom is 0.290 e. The fourth-order valence-electron chi connectivity index (χ4n) is 4.89. The van der Waals surface area contributed by atoms with Gasteiger partial charge < -0.3 is 14.9 Å². The number of hydrogen-bond acceptors (Lipinski definition) is 4. The largest absolute Gasteiger partial charge is 0.483 e. The summed E-state index contributed by atoms with van der Waals surface area (Å²) in [5.41, 5.74) is 4.45. The van der Waals surface area contributed by atoms with Crippen LogP contribution in [0.4, 0.5) is 4.39 Å². The molecule has 0 aliphatic carbocycles. The smallest absolute Gasteiger partial charge is 0.290 e. The Morgan fingerprint density at radius 3 is 2.64 bits per heavy atom. The summed E-state index contributed by atoms with van der Waals surface area (Å²) in [6, 6.07) is 7.11. The quantitative estimate of drug-likeness (QED) is 0.694. The second-order valence-electron chi connectivity index (χ2n) is 9.27. The Hall–Kier alpha value is -2.74. The number of carbonyl (C=O) groups is 2. The molecule has 3 heterocycles. The van der Waals surface area contributed by atoms with Gasteiger partial charge in [-0.1, -0.05) is 12.1 Å². The highest BCUT2D eigenvalue weighted by molar-refractivity contribution is 5.76. The molecular weight excluding hydrogens is 423 g/mol. The molecule has 1 N–H and O–H groups in total. The molecule has 1 aromatic carbocycles. The molecule has 4 rings (SSSR count). The molecule has 7 nitrogen and oxygen atoms in total.